The summed E-state index contributed by atoms with van der Waals surface area (Å²) in [5, 5.41) is 3.02. The van der Waals surface area contributed by atoms with Crippen LogP contribution >= 0.6 is 0 Å². The summed E-state index contributed by atoms with van der Waals surface area (Å²) in [6.07, 6.45) is 3.41. The van der Waals surface area contributed by atoms with Gasteiger partial charge in [0.1, 0.15) is 0 Å². The fourth-order valence-corrected chi connectivity index (χ4v) is 4.21. The molecule has 2 atom stereocenters. The predicted molar refractivity (Wildman–Crippen MR) is 120 cm³/mol. The van der Waals surface area contributed by atoms with Crippen LogP contribution in [0.4, 0.5) is 0 Å². The minimum Gasteiger partial charge on any atom is -0.493 e. The lowest BCUT2D eigenvalue weighted by atomic mass is 9.79. The van der Waals surface area contributed by atoms with Crippen molar-refractivity contribution in [2.24, 2.45) is 0 Å². The molecule has 3 aromatic rings. The largest absolute Gasteiger partial charge is 0.493 e. The lowest BCUT2D eigenvalue weighted by Gasteiger charge is -2.40. The number of carbonyl (C=O) groups excluding carboxylic acids is 2. The number of hydrogen-bond acceptors (Lipinski definition) is 5. The first-order chi connectivity index (χ1) is 15.5. The first kappa shape index (κ1) is 21.4. The van der Waals surface area contributed by atoms with Gasteiger partial charge in [-0.3, -0.25) is 14.6 Å². The van der Waals surface area contributed by atoms with Crippen molar-refractivity contribution in [3.63, 3.8) is 0 Å². The Morgan fingerprint density at radius 1 is 1.06 bits per heavy atom. The molecule has 2 amide bonds. The number of amides is 2. The summed E-state index contributed by atoms with van der Waals surface area (Å²) < 4.78 is 10.8. The molecule has 0 bridgehead atoms. The Morgan fingerprint density at radius 2 is 1.84 bits per heavy atom. The summed E-state index contributed by atoms with van der Waals surface area (Å²) in [6, 6.07) is 16.0. The Hall–Kier alpha value is -3.87. The normalized spacial score (nSPS) is 17.5. The van der Waals surface area contributed by atoms with Gasteiger partial charge in [0, 0.05) is 31.5 Å². The highest BCUT2D eigenvalue weighted by atomic mass is 16.5. The van der Waals surface area contributed by atoms with E-state index in [0.717, 1.165) is 11.1 Å². The molecule has 0 unspecified atom stereocenters. The third-order valence-corrected chi connectivity index (χ3v) is 5.80. The standard InChI is InChI=1S/C25H25N3O4/c1-28-23(17-10-11-20(31-2)21(13-17)32-3)22(18-8-4-5-9-19(18)25(28)30)24(29)27-15-16-7-6-12-26-14-16/h4-14,22-23H,15H2,1-3H3,(H,27,29)/t22-,23-/m1/s1. The van der Waals surface area contributed by atoms with Crippen molar-refractivity contribution >= 4 is 11.8 Å². The van der Waals surface area contributed by atoms with Crippen LogP contribution in [0.15, 0.2) is 67.0 Å². The Balaban J connectivity index is 1.76. The molecule has 0 aliphatic carbocycles. The van der Waals surface area contributed by atoms with E-state index < -0.39 is 12.0 Å². The number of aromatic nitrogens is 1. The van der Waals surface area contributed by atoms with Crippen LogP contribution in [0.25, 0.3) is 0 Å². The second kappa shape index (κ2) is 9.09. The molecular formula is C25H25N3O4. The highest BCUT2D eigenvalue weighted by Crippen LogP contribution is 2.43. The van der Waals surface area contributed by atoms with Gasteiger partial charge in [-0.1, -0.05) is 30.3 Å². The third-order valence-electron chi connectivity index (χ3n) is 5.80. The van der Waals surface area contributed by atoms with Crippen molar-refractivity contribution in [3.8, 4) is 11.5 Å². The molecule has 2 aromatic carbocycles. The van der Waals surface area contributed by atoms with Gasteiger partial charge >= 0.3 is 0 Å². The van der Waals surface area contributed by atoms with Crippen molar-refractivity contribution in [1.29, 1.82) is 0 Å². The van der Waals surface area contributed by atoms with E-state index in [1.54, 1.807) is 50.7 Å². The highest BCUT2D eigenvalue weighted by molar-refractivity contribution is 6.01. The number of fused-ring (bicyclic) bond motifs is 1. The fraction of sp³-hybridized carbons (Fsp3) is 0.240. The zero-order valence-electron chi connectivity index (χ0n) is 18.2. The van der Waals surface area contributed by atoms with E-state index in [2.05, 4.69) is 10.3 Å². The minimum atomic E-state index is -0.594. The number of ether oxygens (including phenoxy) is 2. The minimum absolute atomic E-state index is 0.128. The fourth-order valence-electron chi connectivity index (χ4n) is 4.21. The van der Waals surface area contributed by atoms with Gasteiger partial charge in [0.2, 0.25) is 5.91 Å². The van der Waals surface area contributed by atoms with Gasteiger partial charge < -0.3 is 19.7 Å². The molecular weight excluding hydrogens is 406 g/mol. The second-order valence-corrected chi connectivity index (χ2v) is 7.62. The molecule has 4 rings (SSSR count). The van der Waals surface area contributed by atoms with Crippen LogP contribution in [0, 0.1) is 0 Å². The van der Waals surface area contributed by atoms with Crippen LogP contribution in [0.5, 0.6) is 11.5 Å². The molecule has 1 aliphatic heterocycles. The summed E-state index contributed by atoms with van der Waals surface area (Å²) in [4.78, 5) is 32.4. The second-order valence-electron chi connectivity index (χ2n) is 7.62. The molecule has 164 valence electrons. The number of pyridine rings is 1. The maximum atomic E-state index is 13.5. The van der Waals surface area contributed by atoms with Crippen molar-refractivity contribution in [2.75, 3.05) is 21.3 Å². The lowest BCUT2D eigenvalue weighted by molar-refractivity contribution is -0.124. The van der Waals surface area contributed by atoms with E-state index in [1.807, 2.05) is 42.5 Å². The van der Waals surface area contributed by atoms with Crippen LogP contribution < -0.4 is 14.8 Å². The van der Waals surface area contributed by atoms with Gasteiger partial charge in [-0.2, -0.15) is 0 Å². The Bertz CT molecular complexity index is 1130. The van der Waals surface area contributed by atoms with E-state index in [9.17, 15) is 9.59 Å². The maximum Gasteiger partial charge on any atom is 0.254 e. The first-order valence-corrected chi connectivity index (χ1v) is 10.3. The molecule has 0 radical (unpaired) electrons. The zero-order chi connectivity index (χ0) is 22.7. The van der Waals surface area contributed by atoms with Crippen LogP contribution in [0.3, 0.4) is 0 Å². The van der Waals surface area contributed by atoms with Gasteiger partial charge in [0.25, 0.3) is 5.91 Å². The van der Waals surface area contributed by atoms with Crippen molar-refractivity contribution in [1.82, 2.24) is 15.2 Å². The number of nitrogens with zero attached hydrogens (tertiary/aromatic N) is 2. The molecule has 0 saturated heterocycles. The lowest BCUT2D eigenvalue weighted by Crippen LogP contribution is -2.45. The highest BCUT2D eigenvalue weighted by Gasteiger charge is 2.42. The summed E-state index contributed by atoms with van der Waals surface area (Å²) >= 11 is 0. The van der Waals surface area contributed by atoms with Gasteiger partial charge in [-0.15, -0.1) is 0 Å². The topological polar surface area (TPSA) is 80.8 Å². The van der Waals surface area contributed by atoms with E-state index in [4.69, 9.17) is 9.47 Å². The number of likely N-dealkylation sites (N-methyl/N-ethyl adjacent to an activating group) is 1. The molecule has 0 fully saturated rings. The number of rotatable bonds is 6. The van der Waals surface area contributed by atoms with E-state index in [1.165, 1.54) is 0 Å². The van der Waals surface area contributed by atoms with Crippen LogP contribution in [0.2, 0.25) is 0 Å². The molecule has 1 aliphatic rings. The molecule has 1 N–H and O–H groups in total. The van der Waals surface area contributed by atoms with Gasteiger partial charge in [0.15, 0.2) is 11.5 Å². The summed E-state index contributed by atoms with van der Waals surface area (Å²) in [6.45, 7) is 0.349. The number of hydrogen-bond donors (Lipinski definition) is 1. The first-order valence-electron chi connectivity index (χ1n) is 10.3. The molecule has 32 heavy (non-hydrogen) atoms. The van der Waals surface area contributed by atoms with E-state index in [-0.39, 0.29) is 11.8 Å². The van der Waals surface area contributed by atoms with Gasteiger partial charge in [-0.25, -0.2) is 0 Å². The number of nitrogens with one attached hydrogen (secondary N) is 1. The molecule has 7 heteroatoms. The summed E-state index contributed by atoms with van der Waals surface area (Å²) in [5.41, 5.74) is 2.93. The third kappa shape index (κ3) is 3.89. The van der Waals surface area contributed by atoms with E-state index >= 15 is 0 Å². The average Bonchev–Trinajstić information content (AvgIpc) is 2.84. The SMILES string of the molecule is COc1ccc([C@@H]2[C@H](C(=O)NCc3cccnc3)c3ccccc3C(=O)N2C)cc1OC. The van der Waals surface area contributed by atoms with Crippen LogP contribution in [0.1, 0.15) is 39.0 Å². The van der Waals surface area contributed by atoms with Crippen molar-refractivity contribution in [2.45, 2.75) is 18.5 Å². The molecule has 2 heterocycles. The van der Waals surface area contributed by atoms with Crippen molar-refractivity contribution < 1.29 is 19.1 Å². The number of methoxy groups -OCH3 is 2. The van der Waals surface area contributed by atoms with Crippen LogP contribution in [-0.2, 0) is 11.3 Å². The number of benzene rings is 2. The van der Waals surface area contributed by atoms with Gasteiger partial charge in [-0.05, 0) is 41.0 Å². The quantitative estimate of drug-likeness (QED) is 0.648. The monoisotopic (exact) mass is 431 g/mol. The smallest absolute Gasteiger partial charge is 0.254 e. The molecule has 0 spiro atoms. The number of carbonyl (C=O) groups is 2. The van der Waals surface area contributed by atoms with Gasteiger partial charge in [0.05, 0.1) is 26.2 Å². The van der Waals surface area contributed by atoms with Crippen LogP contribution in [-0.4, -0.2) is 43.0 Å². The summed E-state index contributed by atoms with van der Waals surface area (Å²) in [5.74, 6) is 0.235. The molecule has 1 aromatic heterocycles. The maximum absolute atomic E-state index is 13.5. The predicted octanol–water partition coefficient (Wildman–Crippen LogP) is 3.33. The summed E-state index contributed by atoms with van der Waals surface area (Å²) in [7, 11) is 4.85. The Labute approximate surface area is 187 Å². The zero-order valence-corrected chi connectivity index (χ0v) is 18.2. The average molecular weight is 431 g/mol. The van der Waals surface area contributed by atoms with E-state index in [0.29, 0.717) is 29.2 Å². The molecule has 0 saturated carbocycles. The van der Waals surface area contributed by atoms with Crippen molar-refractivity contribution in [3.05, 3.63) is 89.2 Å². The molecule has 7 nitrogen and oxygen atoms in total. The Morgan fingerprint density at radius 3 is 2.56 bits per heavy atom. The Kier molecular flexibility index (Phi) is 6.07.